The van der Waals surface area contributed by atoms with Crippen molar-refractivity contribution in [1.29, 1.82) is 0 Å². The molecule has 3 heterocycles. The summed E-state index contributed by atoms with van der Waals surface area (Å²) >= 11 is 0. The van der Waals surface area contributed by atoms with Gasteiger partial charge in [-0.15, -0.1) is 0 Å². The van der Waals surface area contributed by atoms with Gasteiger partial charge in [0.15, 0.2) is 5.65 Å². The molecule has 3 aromatic rings. The van der Waals surface area contributed by atoms with Crippen LogP contribution in [-0.4, -0.2) is 49.6 Å². The number of fused-ring (bicyclic) bond motifs is 1. The summed E-state index contributed by atoms with van der Waals surface area (Å²) in [5, 5.41) is 13.9. The molecule has 0 bridgehead atoms. The van der Waals surface area contributed by atoms with Gasteiger partial charge in [-0.1, -0.05) is 18.2 Å². The van der Waals surface area contributed by atoms with Crippen molar-refractivity contribution in [1.82, 2.24) is 19.5 Å². The van der Waals surface area contributed by atoms with Crippen molar-refractivity contribution in [3.8, 4) is 0 Å². The van der Waals surface area contributed by atoms with Gasteiger partial charge in [0.25, 0.3) is 5.91 Å². The topological polar surface area (TPSA) is 87.8 Å². The zero-order valence-electron chi connectivity index (χ0n) is 16.1. The average Bonchev–Trinajstić information content (AvgIpc) is 3.26. The summed E-state index contributed by atoms with van der Waals surface area (Å²) in [5.74, 6) is -1.02. The second kappa shape index (κ2) is 6.74. The molecule has 1 N–H and O–H groups in total. The number of amides is 1. The number of likely N-dealkylation sites (tertiary alicyclic amines) is 1. The maximum atomic E-state index is 13.3. The minimum Gasteiger partial charge on any atom is -0.478 e. The molecule has 2 aromatic heterocycles. The molecule has 28 heavy (non-hydrogen) atoms. The number of carboxylic acids is 1. The zero-order valence-corrected chi connectivity index (χ0v) is 16.1. The first-order chi connectivity index (χ1) is 13.4. The molecule has 0 aliphatic carbocycles. The Kier molecular flexibility index (Phi) is 4.37. The number of aryl methyl sites for hydroxylation is 3. The molecule has 0 radical (unpaired) electrons. The number of benzene rings is 1. The van der Waals surface area contributed by atoms with E-state index in [-0.39, 0.29) is 11.8 Å². The number of carbonyl (C=O) groups excluding carboxylic acids is 1. The lowest BCUT2D eigenvalue weighted by molar-refractivity contribution is 0.0695. The second-order valence-electron chi connectivity index (χ2n) is 7.36. The highest BCUT2D eigenvalue weighted by Gasteiger charge is 2.32. The van der Waals surface area contributed by atoms with Gasteiger partial charge in [0.2, 0.25) is 0 Å². The number of hydrogen-bond donors (Lipinski definition) is 1. The van der Waals surface area contributed by atoms with Crippen molar-refractivity contribution in [3.63, 3.8) is 0 Å². The van der Waals surface area contributed by atoms with E-state index in [9.17, 15) is 14.7 Å². The summed E-state index contributed by atoms with van der Waals surface area (Å²) in [6.45, 7) is 6.74. The van der Waals surface area contributed by atoms with Crippen LogP contribution in [0.2, 0.25) is 0 Å². The number of rotatable bonds is 3. The fourth-order valence-electron chi connectivity index (χ4n) is 4.08. The molecule has 1 amide bonds. The van der Waals surface area contributed by atoms with Crippen LogP contribution in [0.5, 0.6) is 0 Å². The van der Waals surface area contributed by atoms with Gasteiger partial charge in [-0.2, -0.15) is 5.10 Å². The minimum absolute atomic E-state index is 0.00910. The summed E-state index contributed by atoms with van der Waals surface area (Å²) in [6, 6.07) is 8.97. The monoisotopic (exact) mass is 378 g/mol. The van der Waals surface area contributed by atoms with Crippen LogP contribution in [0.15, 0.2) is 30.3 Å². The fraction of sp³-hybridized carbons (Fsp3) is 0.333. The highest BCUT2D eigenvalue weighted by Crippen LogP contribution is 2.31. The van der Waals surface area contributed by atoms with Gasteiger partial charge in [-0.05, 0) is 44.9 Å². The quantitative estimate of drug-likeness (QED) is 0.757. The molecule has 4 rings (SSSR count). The maximum absolute atomic E-state index is 13.3. The number of hydrogen-bond acceptors (Lipinski definition) is 4. The Morgan fingerprint density at radius 1 is 1.18 bits per heavy atom. The molecule has 144 valence electrons. The Balaban J connectivity index is 1.66. The van der Waals surface area contributed by atoms with Crippen molar-refractivity contribution < 1.29 is 14.7 Å². The summed E-state index contributed by atoms with van der Waals surface area (Å²) in [7, 11) is 0. The van der Waals surface area contributed by atoms with E-state index in [1.54, 1.807) is 21.5 Å². The van der Waals surface area contributed by atoms with E-state index in [2.05, 4.69) is 10.1 Å². The Morgan fingerprint density at radius 3 is 2.68 bits per heavy atom. The number of aromatic nitrogens is 3. The van der Waals surface area contributed by atoms with E-state index in [4.69, 9.17) is 0 Å². The van der Waals surface area contributed by atoms with Gasteiger partial charge < -0.3 is 10.0 Å². The van der Waals surface area contributed by atoms with Gasteiger partial charge in [0.05, 0.1) is 11.3 Å². The lowest BCUT2D eigenvalue weighted by atomic mass is 9.93. The van der Waals surface area contributed by atoms with Crippen LogP contribution in [0.1, 0.15) is 55.7 Å². The molecule has 1 atom stereocenters. The summed E-state index contributed by atoms with van der Waals surface area (Å²) in [4.78, 5) is 31.1. The van der Waals surface area contributed by atoms with Crippen molar-refractivity contribution in [2.24, 2.45) is 0 Å². The first kappa shape index (κ1) is 18.2. The van der Waals surface area contributed by atoms with E-state index in [0.29, 0.717) is 35.6 Å². The lowest BCUT2D eigenvalue weighted by Gasteiger charge is -2.17. The van der Waals surface area contributed by atoms with E-state index in [1.165, 1.54) is 0 Å². The van der Waals surface area contributed by atoms with Crippen LogP contribution in [-0.2, 0) is 0 Å². The van der Waals surface area contributed by atoms with Crippen LogP contribution < -0.4 is 0 Å². The SMILES string of the molecule is Cc1cc(C)n2nc(C)c(C(=O)N3CC[C@H](c4ccccc4C(=O)O)C3)c2n1. The third-order valence-corrected chi connectivity index (χ3v) is 5.39. The standard InChI is InChI=1S/C21H22N4O3/c1-12-10-13(2)25-19(22-12)18(14(3)23-25)20(26)24-9-8-15(11-24)16-6-4-5-7-17(16)21(27)28/h4-7,10,15H,8-9,11H2,1-3H3,(H,27,28)/t15-/m0/s1. The summed E-state index contributed by atoms with van der Waals surface area (Å²) in [6.07, 6.45) is 0.736. The van der Waals surface area contributed by atoms with Crippen molar-refractivity contribution in [2.45, 2.75) is 33.1 Å². The Morgan fingerprint density at radius 2 is 1.93 bits per heavy atom. The second-order valence-corrected chi connectivity index (χ2v) is 7.36. The lowest BCUT2D eigenvalue weighted by Crippen LogP contribution is -2.29. The molecule has 0 unspecified atom stereocenters. The van der Waals surface area contributed by atoms with Gasteiger partial charge in [0, 0.05) is 30.4 Å². The van der Waals surface area contributed by atoms with Gasteiger partial charge in [-0.3, -0.25) is 4.79 Å². The van der Waals surface area contributed by atoms with Crippen LogP contribution >= 0.6 is 0 Å². The van der Waals surface area contributed by atoms with E-state index >= 15 is 0 Å². The van der Waals surface area contributed by atoms with E-state index in [0.717, 1.165) is 23.4 Å². The third-order valence-electron chi connectivity index (χ3n) is 5.39. The first-order valence-corrected chi connectivity index (χ1v) is 9.32. The number of carboxylic acid groups (broad SMARTS) is 1. The Labute approximate surface area is 162 Å². The zero-order chi connectivity index (χ0) is 20.0. The van der Waals surface area contributed by atoms with Crippen LogP contribution in [0.25, 0.3) is 5.65 Å². The molecule has 1 aliphatic rings. The average molecular weight is 378 g/mol. The minimum atomic E-state index is -0.936. The van der Waals surface area contributed by atoms with Crippen LogP contribution in [0, 0.1) is 20.8 Å². The smallest absolute Gasteiger partial charge is 0.335 e. The molecule has 7 heteroatoms. The normalized spacial score (nSPS) is 16.7. The molecular weight excluding hydrogens is 356 g/mol. The van der Waals surface area contributed by atoms with Crippen molar-refractivity contribution in [3.05, 3.63) is 64.1 Å². The highest BCUT2D eigenvalue weighted by molar-refractivity contribution is 6.01. The Hall–Kier alpha value is -3.22. The molecule has 1 aromatic carbocycles. The number of aromatic carboxylic acids is 1. The Bertz CT molecular complexity index is 1100. The third kappa shape index (κ3) is 2.93. The molecule has 1 aliphatic heterocycles. The molecule has 7 nitrogen and oxygen atoms in total. The van der Waals surface area contributed by atoms with Crippen molar-refractivity contribution >= 4 is 17.5 Å². The molecule has 1 fully saturated rings. The number of carbonyl (C=O) groups is 2. The largest absolute Gasteiger partial charge is 0.478 e. The van der Waals surface area contributed by atoms with Gasteiger partial charge in [-0.25, -0.2) is 14.3 Å². The van der Waals surface area contributed by atoms with Gasteiger partial charge >= 0.3 is 5.97 Å². The number of nitrogens with zero attached hydrogens (tertiary/aromatic N) is 4. The predicted octanol–water partition coefficient (Wildman–Crippen LogP) is 2.98. The molecule has 1 saturated heterocycles. The van der Waals surface area contributed by atoms with Crippen molar-refractivity contribution in [2.75, 3.05) is 13.1 Å². The van der Waals surface area contributed by atoms with E-state index in [1.807, 2.05) is 39.0 Å². The fourth-order valence-corrected chi connectivity index (χ4v) is 4.08. The van der Waals surface area contributed by atoms with Crippen LogP contribution in [0.4, 0.5) is 0 Å². The van der Waals surface area contributed by atoms with E-state index < -0.39 is 5.97 Å². The maximum Gasteiger partial charge on any atom is 0.335 e. The molecular formula is C21H22N4O3. The summed E-state index contributed by atoms with van der Waals surface area (Å²) < 4.78 is 1.71. The predicted molar refractivity (Wildman–Crippen MR) is 104 cm³/mol. The summed E-state index contributed by atoms with van der Waals surface area (Å²) in [5.41, 5.74) is 4.62. The highest BCUT2D eigenvalue weighted by atomic mass is 16.4. The van der Waals surface area contributed by atoms with Crippen LogP contribution in [0.3, 0.4) is 0 Å². The molecule has 0 spiro atoms. The molecule has 0 saturated carbocycles. The van der Waals surface area contributed by atoms with Gasteiger partial charge in [0.1, 0.15) is 5.56 Å². The first-order valence-electron chi connectivity index (χ1n) is 9.32.